The monoisotopic (exact) mass is 357 g/mol. The van der Waals surface area contributed by atoms with E-state index in [4.69, 9.17) is 9.84 Å². The molecule has 7 heteroatoms. The quantitative estimate of drug-likeness (QED) is 0.873. The number of carbonyl (C=O) groups excluding carboxylic acids is 2. The number of hydrogen-bond donors (Lipinski definition) is 1. The second kappa shape index (κ2) is 6.72. The van der Waals surface area contributed by atoms with Crippen molar-refractivity contribution >= 4 is 17.5 Å². The van der Waals surface area contributed by atoms with Crippen LogP contribution in [0.15, 0.2) is 29.4 Å². The summed E-state index contributed by atoms with van der Waals surface area (Å²) in [6, 6.07) is 8.07. The largest absolute Gasteiger partial charge is 0.485 e. The smallest absolute Gasteiger partial charge is 0.270 e. The lowest BCUT2D eigenvalue weighted by Gasteiger charge is -2.35. The van der Waals surface area contributed by atoms with Crippen molar-refractivity contribution in [1.82, 2.24) is 9.91 Å². The highest BCUT2D eigenvalue weighted by Gasteiger charge is 2.45. The van der Waals surface area contributed by atoms with Crippen LogP contribution in [0.5, 0.6) is 5.75 Å². The number of fused-ring (bicyclic) bond motifs is 1. The summed E-state index contributed by atoms with van der Waals surface area (Å²) < 4.78 is 6.29. The number of aryl methyl sites for hydroxylation is 1. The number of ether oxygens (including phenoxy) is 1. The summed E-state index contributed by atoms with van der Waals surface area (Å²) in [5.74, 6) is 0.642. The molecular formula is C19H23N3O4. The first-order valence-electron chi connectivity index (χ1n) is 9.15. The first kappa shape index (κ1) is 17.0. The maximum Gasteiger partial charge on any atom is 0.270 e. The van der Waals surface area contributed by atoms with Crippen LogP contribution in [-0.4, -0.2) is 64.4 Å². The standard InChI is InChI=1S/C19H23N3O4/c23-12-11-22-17(24)6-5-15(20-22)18(25)21-10-9-19(13-21)8-7-14-3-1-2-4-16(14)26-19/h1-4,23H,5-13H2. The zero-order chi connectivity index (χ0) is 18.1. The van der Waals surface area contributed by atoms with Gasteiger partial charge in [0, 0.05) is 25.8 Å². The minimum Gasteiger partial charge on any atom is -0.485 e. The number of hydrogen-bond acceptors (Lipinski definition) is 5. The Labute approximate surface area is 152 Å². The van der Waals surface area contributed by atoms with E-state index in [1.807, 2.05) is 18.2 Å². The van der Waals surface area contributed by atoms with Crippen LogP contribution in [0.2, 0.25) is 0 Å². The van der Waals surface area contributed by atoms with Crippen LogP contribution in [0.4, 0.5) is 0 Å². The molecule has 7 nitrogen and oxygen atoms in total. The van der Waals surface area contributed by atoms with Crippen LogP contribution < -0.4 is 4.74 Å². The van der Waals surface area contributed by atoms with Gasteiger partial charge in [0.15, 0.2) is 0 Å². The summed E-state index contributed by atoms with van der Waals surface area (Å²) in [7, 11) is 0. The minimum absolute atomic E-state index is 0.124. The minimum atomic E-state index is -0.320. The third kappa shape index (κ3) is 3.07. The highest BCUT2D eigenvalue weighted by molar-refractivity contribution is 6.39. The highest BCUT2D eigenvalue weighted by Crippen LogP contribution is 2.38. The Bertz CT molecular complexity index is 763. The first-order chi connectivity index (χ1) is 12.6. The Morgan fingerprint density at radius 3 is 2.92 bits per heavy atom. The lowest BCUT2D eigenvalue weighted by Crippen LogP contribution is -2.46. The van der Waals surface area contributed by atoms with Crippen LogP contribution in [0.25, 0.3) is 0 Å². The highest BCUT2D eigenvalue weighted by atomic mass is 16.5. The molecule has 1 aromatic carbocycles. The van der Waals surface area contributed by atoms with E-state index < -0.39 is 0 Å². The predicted octanol–water partition coefficient (Wildman–Crippen LogP) is 0.953. The third-order valence-electron chi connectivity index (χ3n) is 5.42. The summed E-state index contributed by atoms with van der Waals surface area (Å²) in [4.78, 5) is 26.5. The van der Waals surface area contributed by atoms with E-state index in [1.165, 1.54) is 10.6 Å². The fraction of sp³-hybridized carbons (Fsp3) is 0.526. The molecule has 1 atom stereocenters. The molecule has 1 fully saturated rings. The molecule has 4 rings (SSSR count). The van der Waals surface area contributed by atoms with Crippen molar-refractivity contribution in [1.29, 1.82) is 0 Å². The predicted molar refractivity (Wildman–Crippen MR) is 94.8 cm³/mol. The van der Waals surface area contributed by atoms with E-state index in [-0.39, 0.29) is 37.0 Å². The van der Waals surface area contributed by atoms with Gasteiger partial charge in [0.1, 0.15) is 17.1 Å². The van der Waals surface area contributed by atoms with Crippen molar-refractivity contribution in [2.75, 3.05) is 26.2 Å². The molecule has 0 aromatic heterocycles. The second-order valence-corrected chi connectivity index (χ2v) is 7.16. The fourth-order valence-electron chi connectivity index (χ4n) is 3.97. The number of likely N-dealkylation sites (tertiary alicyclic amines) is 1. The average molecular weight is 357 g/mol. The second-order valence-electron chi connectivity index (χ2n) is 7.16. The van der Waals surface area contributed by atoms with E-state index in [2.05, 4.69) is 11.2 Å². The van der Waals surface area contributed by atoms with E-state index in [9.17, 15) is 9.59 Å². The van der Waals surface area contributed by atoms with E-state index >= 15 is 0 Å². The van der Waals surface area contributed by atoms with Gasteiger partial charge in [-0.1, -0.05) is 18.2 Å². The molecule has 3 heterocycles. The van der Waals surface area contributed by atoms with Gasteiger partial charge in [-0.3, -0.25) is 9.59 Å². The molecule has 3 aliphatic rings. The number of amides is 2. The van der Waals surface area contributed by atoms with Gasteiger partial charge in [0.25, 0.3) is 5.91 Å². The number of hydrazone groups is 1. The molecular weight excluding hydrogens is 334 g/mol. The maximum atomic E-state index is 12.9. The van der Waals surface area contributed by atoms with Gasteiger partial charge in [0.05, 0.1) is 19.7 Å². The van der Waals surface area contributed by atoms with E-state index in [0.717, 1.165) is 25.0 Å². The first-order valence-corrected chi connectivity index (χ1v) is 9.15. The van der Waals surface area contributed by atoms with Gasteiger partial charge >= 0.3 is 0 Å². The number of aliphatic hydroxyl groups is 1. The number of β-amino-alcohol motifs (C(OH)–C–C–N with tert-alkyl or cyclic N) is 1. The van der Waals surface area contributed by atoms with Crippen molar-refractivity contribution < 1.29 is 19.4 Å². The molecule has 1 unspecified atom stereocenters. The van der Waals surface area contributed by atoms with Gasteiger partial charge in [0.2, 0.25) is 5.91 Å². The zero-order valence-corrected chi connectivity index (χ0v) is 14.7. The number of rotatable bonds is 3. The van der Waals surface area contributed by atoms with E-state index in [0.29, 0.717) is 25.2 Å². The average Bonchev–Trinajstić information content (AvgIpc) is 3.06. The van der Waals surface area contributed by atoms with Crippen molar-refractivity contribution in [3.8, 4) is 5.75 Å². The summed E-state index contributed by atoms with van der Waals surface area (Å²) in [5.41, 5.74) is 1.30. The van der Waals surface area contributed by atoms with Crippen molar-refractivity contribution in [3.05, 3.63) is 29.8 Å². The molecule has 26 heavy (non-hydrogen) atoms. The molecule has 1 spiro atoms. The number of nitrogens with zero attached hydrogens (tertiary/aromatic N) is 3. The van der Waals surface area contributed by atoms with Gasteiger partial charge in [-0.25, -0.2) is 5.01 Å². The number of aliphatic hydroxyl groups excluding tert-OH is 1. The lowest BCUT2D eigenvalue weighted by atomic mass is 9.90. The molecule has 0 aliphatic carbocycles. The molecule has 0 radical (unpaired) electrons. The van der Waals surface area contributed by atoms with Gasteiger partial charge < -0.3 is 14.7 Å². The van der Waals surface area contributed by atoms with Crippen molar-refractivity contribution in [2.24, 2.45) is 5.10 Å². The third-order valence-corrected chi connectivity index (χ3v) is 5.42. The number of carbonyl (C=O) groups is 2. The molecule has 0 saturated carbocycles. The fourth-order valence-corrected chi connectivity index (χ4v) is 3.97. The number of benzene rings is 1. The Balaban J connectivity index is 1.46. The molecule has 1 N–H and O–H groups in total. The van der Waals surface area contributed by atoms with E-state index in [1.54, 1.807) is 4.90 Å². The zero-order valence-electron chi connectivity index (χ0n) is 14.7. The van der Waals surface area contributed by atoms with Crippen LogP contribution in [0, 0.1) is 0 Å². The normalized spacial score (nSPS) is 25.1. The van der Waals surface area contributed by atoms with Gasteiger partial charge in [-0.15, -0.1) is 0 Å². The number of para-hydroxylation sites is 1. The summed E-state index contributed by atoms with van der Waals surface area (Å²) >= 11 is 0. The van der Waals surface area contributed by atoms with Crippen LogP contribution in [-0.2, 0) is 16.0 Å². The van der Waals surface area contributed by atoms with Crippen LogP contribution >= 0.6 is 0 Å². The van der Waals surface area contributed by atoms with Crippen LogP contribution in [0.3, 0.4) is 0 Å². The Hall–Kier alpha value is -2.41. The van der Waals surface area contributed by atoms with Crippen molar-refractivity contribution in [2.45, 2.75) is 37.7 Å². The molecule has 138 valence electrons. The topological polar surface area (TPSA) is 82.4 Å². The van der Waals surface area contributed by atoms with Gasteiger partial charge in [-0.2, -0.15) is 5.10 Å². The molecule has 2 amide bonds. The SMILES string of the molecule is O=C(C1=NN(CCO)C(=O)CC1)N1CCC2(CCc3ccccc3O2)C1. The summed E-state index contributed by atoms with van der Waals surface area (Å²) in [6.45, 7) is 1.14. The molecule has 0 bridgehead atoms. The molecule has 1 saturated heterocycles. The lowest BCUT2D eigenvalue weighted by molar-refractivity contribution is -0.132. The Morgan fingerprint density at radius 2 is 2.08 bits per heavy atom. The maximum absolute atomic E-state index is 12.9. The Morgan fingerprint density at radius 1 is 1.23 bits per heavy atom. The summed E-state index contributed by atoms with van der Waals surface area (Å²) in [5, 5.41) is 14.4. The van der Waals surface area contributed by atoms with Crippen molar-refractivity contribution in [3.63, 3.8) is 0 Å². The van der Waals surface area contributed by atoms with Gasteiger partial charge in [-0.05, 0) is 24.5 Å². The van der Waals surface area contributed by atoms with Crippen LogP contribution in [0.1, 0.15) is 31.2 Å². The summed E-state index contributed by atoms with van der Waals surface area (Å²) in [6.07, 6.45) is 3.27. The molecule has 3 aliphatic heterocycles. The Kier molecular flexibility index (Phi) is 4.40. The molecule has 1 aromatic rings.